The summed E-state index contributed by atoms with van der Waals surface area (Å²) in [7, 11) is 0. The van der Waals surface area contributed by atoms with Gasteiger partial charge in [0.25, 0.3) is 0 Å². The minimum Gasteiger partial charge on any atom is -0.488 e. The van der Waals surface area contributed by atoms with Gasteiger partial charge in [0.2, 0.25) is 0 Å². The predicted molar refractivity (Wildman–Crippen MR) is 99.9 cm³/mol. The van der Waals surface area contributed by atoms with Gasteiger partial charge in [-0.25, -0.2) is 0 Å². The zero-order valence-corrected chi connectivity index (χ0v) is 14.3. The van der Waals surface area contributed by atoms with Gasteiger partial charge in [-0.15, -0.1) is 0 Å². The lowest BCUT2D eigenvalue weighted by Crippen LogP contribution is -2.08. The number of hydrazone groups is 1. The van der Waals surface area contributed by atoms with Crippen LogP contribution in [0.5, 0.6) is 5.75 Å². The van der Waals surface area contributed by atoms with Crippen molar-refractivity contribution < 1.29 is 17.9 Å². The first-order valence-corrected chi connectivity index (χ1v) is 8.25. The van der Waals surface area contributed by atoms with Crippen LogP contribution in [0.15, 0.2) is 84.0 Å². The standard InChI is InChI=1S/C21H17F3N2O/c22-21(23,24)18-11-5-6-12-19(18)26-25-14-17-10-4-7-13-20(17)27-15-16-8-2-1-3-9-16/h1-14,26H,15H2/b25-14-. The van der Waals surface area contributed by atoms with Crippen molar-refractivity contribution in [3.63, 3.8) is 0 Å². The van der Waals surface area contributed by atoms with E-state index in [1.165, 1.54) is 24.4 Å². The van der Waals surface area contributed by atoms with E-state index in [4.69, 9.17) is 4.74 Å². The first kappa shape index (κ1) is 18.5. The smallest absolute Gasteiger partial charge is 0.418 e. The Kier molecular flexibility index (Phi) is 5.76. The fourth-order valence-electron chi connectivity index (χ4n) is 2.45. The molecule has 0 fully saturated rings. The molecule has 138 valence electrons. The third-order valence-electron chi connectivity index (χ3n) is 3.78. The van der Waals surface area contributed by atoms with Gasteiger partial charge in [0, 0.05) is 5.56 Å². The molecule has 0 radical (unpaired) electrons. The lowest BCUT2D eigenvalue weighted by Gasteiger charge is -2.12. The van der Waals surface area contributed by atoms with E-state index >= 15 is 0 Å². The van der Waals surface area contributed by atoms with E-state index in [0.717, 1.165) is 11.6 Å². The van der Waals surface area contributed by atoms with Crippen LogP contribution in [0.4, 0.5) is 18.9 Å². The number of ether oxygens (including phenoxy) is 1. The van der Waals surface area contributed by atoms with E-state index in [1.54, 1.807) is 18.2 Å². The molecule has 0 aliphatic rings. The Morgan fingerprint density at radius 1 is 0.852 bits per heavy atom. The van der Waals surface area contributed by atoms with Gasteiger partial charge in [-0.3, -0.25) is 5.43 Å². The zero-order chi connectivity index (χ0) is 19.1. The highest BCUT2D eigenvalue weighted by Gasteiger charge is 2.33. The molecular formula is C21H17F3N2O. The van der Waals surface area contributed by atoms with Crippen LogP contribution >= 0.6 is 0 Å². The van der Waals surface area contributed by atoms with Gasteiger partial charge < -0.3 is 4.74 Å². The van der Waals surface area contributed by atoms with Crippen LogP contribution in [-0.4, -0.2) is 6.21 Å². The van der Waals surface area contributed by atoms with E-state index in [9.17, 15) is 13.2 Å². The Bertz CT molecular complexity index is 909. The molecule has 0 aliphatic carbocycles. The number of halogens is 3. The highest BCUT2D eigenvalue weighted by molar-refractivity contribution is 5.84. The Labute approximate surface area is 155 Å². The number of nitrogens with zero attached hydrogens (tertiary/aromatic N) is 1. The molecular weight excluding hydrogens is 353 g/mol. The van der Waals surface area contributed by atoms with Crippen LogP contribution in [0.25, 0.3) is 0 Å². The number of para-hydroxylation sites is 2. The molecule has 27 heavy (non-hydrogen) atoms. The average molecular weight is 370 g/mol. The number of benzene rings is 3. The Hall–Kier alpha value is -3.28. The third-order valence-corrected chi connectivity index (χ3v) is 3.78. The van der Waals surface area contributed by atoms with Crippen LogP contribution in [0.3, 0.4) is 0 Å². The molecule has 1 N–H and O–H groups in total. The van der Waals surface area contributed by atoms with Crippen molar-refractivity contribution in [3.8, 4) is 5.75 Å². The predicted octanol–water partition coefficient (Wildman–Crippen LogP) is 5.73. The van der Waals surface area contributed by atoms with E-state index in [-0.39, 0.29) is 5.69 Å². The van der Waals surface area contributed by atoms with Gasteiger partial charge >= 0.3 is 6.18 Å². The van der Waals surface area contributed by atoms with Crippen LogP contribution in [0, 0.1) is 0 Å². The minimum atomic E-state index is -4.45. The zero-order valence-electron chi connectivity index (χ0n) is 14.3. The summed E-state index contributed by atoms with van der Waals surface area (Å²) in [6.45, 7) is 0.385. The Morgan fingerprint density at radius 2 is 1.52 bits per heavy atom. The molecule has 0 spiro atoms. The van der Waals surface area contributed by atoms with Crippen molar-refractivity contribution in [1.29, 1.82) is 0 Å². The number of alkyl halides is 3. The lowest BCUT2D eigenvalue weighted by molar-refractivity contribution is -0.136. The quantitative estimate of drug-likeness (QED) is 0.444. The number of anilines is 1. The monoisotopic (exact) mass is 370 g/mol. The molecule has 0 amide bonds. The van der Waals surface area contributed by atoms with Gasteiger partial charge in [-0.2, -0.15) is 18.3 Å². The highest BCUT2D eigenvalue weighted by Crippen LogP contribution is 2.34. The number of hydrogen-bond acceptors (Lipinski definition) is 3. The largest absolute Gasteiger partial charge is 0.488 e. The van der Waals surface area contributed by atoms with Gasteiger partial charge in [0.05, 0.1) is 17.5 Å². The van der Waals surface area contributed by atoms with Gasteiger partial charge in [0.1, 0.15) is 12.4 Å². The van der Waals surface area contributed by atoms with Crippen molar-refractivity contribution in [1.82, 2.24) is 0 Å². The average Bonchev–Trinajstić information content (AvgIpc) is 2.68. The SMILES string of the molecule is FC(F)(F)c1ccccc1N/N=C\c1ccccc1OCc1ccccc1. The number of hydrogen-bond donors (Lipinski definition) is 1. The summed E-state index contributed by atoms with van der Waals surface area (Å²) in [6.07, 6.45) is -3.01. The van der Waals surface area contributed by atoms with Crippen molar-refractivity contribution in [2.24, 2.45) is 5.10 Å². The lowest BCUT2D eigenvalue weighted by atomic mass is 10.2. The highest BCUT2D eigenvalue weighted by atomic mass is 19.4. The molecule has 0 bridgehead atoms. The summed E-state index contributed by atoms with van der Waals surface area (Å²) in [4.78, 5) is 0. The van der Waals surface area contributed by atoms with Gasteiger partial charge in [0.15, 0.2) is 0 Å². The summed E-state index contributed by atoms with van der Waals surface area (Å²) < 4.78 is 44.8. The maximum atomic E-state index is 13.0. The summed E-state index contributed by atoms with van der Waals surface area (Å²) in [5.41, 5.74) is 3.26. The molecule has 3 rings (SSSR count). The van der Waals surface area contributed by atoms with Crippen molar-refractivity contribution in [2.75, 3.05) is 5.43 Å². The molecule has 0 saturated carbocycles. The van der Waals surface area contributed by atoms with E-state index in [1.807, 2.05) is 36.4 Å². The first-order valence-electron chi connectivity index (χ1n) is 8.25. The van der Waals surface area contributed by atoms with E-state index in [2.05, 4.69) is 10.5 Å². The maximum Gasteiger partial charge on any atom is 0.418 e. The number of rotatable bonds is 6. The molecule has 3 nitrogen and oxygen atoms in total. The second-order valence-corrected chi connectivity index (χ2v) is 5.73. The fourth-order valence-corrected chi connectivity index (χ4v) is 2.45. The van der Waals surface area contributed by atoms with Gasteiger partial charge in [-0.1, -0.05) is 54.6 Å². The summed E-state index contributed by atoms with van der Waals surface area (Å²) in [5.74, 6) is 0.594. The first-order chi connectivity index (χ1) is 13.0. The second kappa shape index (κ2) is 8.40. The Balaban J connectivity index is 1.71. The van der Waals surface area contributed by atoms with Crippen LogP contribution < -0.4 is 10.2 Å². The van der Waals surface area contributed by atoms with Crippen LogP contribution in [-0.2, 0) is 12.8 Å². The normalized spacial score (nSPS) is 11.5. The number of nitrogens with one attached hydrogen (secondary N) is 1. The molecule has 0 unspecified atom stereocenters. The van der Waals surface area contributed by atoms with Crippen molar-refractivity contribution >= 4 is 11.9 Å². The molecule has 0 atom stereocenters. The molecule has 0 heterocycles. The summed E-state index contributed by atoms with van der Waals surface area (Å²) >= 11 is 0. The molecule has 0 aromatic heterocycles. The van der Waals surface area contributed by atoms with Crippen LogP contribution in [0.1, 0.15) is 16.7 Å². The maximum absolute atomic E-state index is 13.0. The molecule has 3 aromatic carbocycles. The van der Waals surface area contributed by atoms with Crippen molar-refractivity contribution in [3.05, 3.63) is 95.6 Å². The minimum absolute atomic E-state index is 0.107. The Morgan fingerprint density at radius 3 is 2.30 bits per heavy atom. The molecule has 0 saturated heterocycles. The van der Waals surface area contributed by atoms with E-state index in [0.29, 0.717) is 17.9 Å². The van der Waals surface area contributed by atoms with Crippen molar-refractivity contribution in [2.45, 2.75) is 12.8 Å². The third kappa shape index (κ3) is 5.10. The second-order valence-electron chi connectivity index (χ2n) is 5.73. The van der Waals surface area contributed by atoms with Gasteiger partial charge in [-0.05, 0) is 29.8 Å². The summed E-state index contributed by atoms with van der Waals surface area (Å²) in [6, 6.07) is 22.1. The molecule has 3 aromatic rings. The topological polar surface area (TPSA) is 33.6 Å². The molecule has 6 heteroatoms. The van der Waals surface area contributed by atoms with E-state index < -0.39 is 11.7 Å². The van der Waals surface area contributed by atoms with Crippen LogP contribution in [0.2, 0.25) is 0 Å². The summed E-state index contributed by atoms with van der Waals surface area (Å²) in [5, 5.41) is 3.95. The fraction of sp³-hybridized carbons (Fsp3) is 0.0952. The molecule has 0 aliphatic heterocycles.